The zero-order chi connectivity index (χ0) is 14.0. The van der Waals surface area contributed by atoms with E-state index in [1.54, 1.807) is 0 Å². The van der Waals surface area contributed by atoms with Gasteiger partial charge in [-0.2, -0.15) is 0 Å². The molecular weight excluding hydrogens is 266 g/mol. The molecule has 0 heterocycles. The lowest BCUT2D eigenvalue weighted by molar-refractivity contribution is 0.570. The van der Waals surface area contributed by atoms with Crippen molar-refractivity contribution in [3.05, 3.63) is 70.3 Å². The highest BCUT2D eigenvalue weighted by atomic mass is 35.5. The Morgan fingerprint density at radius 1 is 1.00 bits per heavy atom. The number of hydrogen-bond donors (Lipinski definition) is 0. The zero-order valence-electron chi connectivity index (χ0n) is 10.9. The lowest BCUT2D eigenvalue weighted by atomic mass is 10.00. The van der Waals surface area contributed by atoms with E-state index in [-0.39, 0.29) is 5.38 Å². The van der Waals surface area contributed by atoms with Gasteiger partial charge in [-0.3, -0.25) is 0 Å². The molecule has 1 atom stereocenters. The van der Waals surface area contributed by atoms with Crippen molar-refractivity contribution in [3.8, 4) is 0 Å². The summed E-state index contributed by atoms with van der Waals surface area (Å²) in [7, 11) is 0. The molecule has 0 radical (unpaired) electrons. The number of rotatable bonds is 3. The third kappa shape index (κ3) is 3.54. The molecule has 0 aromatic heterocycles. The van der Waals surface area contributed by atoms with Gasteiger partial charge in [0.05, 0.1) is 5.38 Å². The van der Waals surface area contributed by atoms with Crippen LogP contribution >= 0.6 is 11.6 Å². The first-order chi connectivity index (χ1) is 8.95. The molecule has 100 valence electrons. The normalized spacial score (nSPS) is 12.5. The Bertz CT molecular complexity index is 573. The highest BCUT2D eigenvalue weighted by Gasteiger charge is 2.13. The van der Waals surface area contributed by atoms with Gasteiger partial charge in [0.25, 0.3) is 0 Å². The number of halogens is 3. The lowest BCUT2D eigenvalue weighted by Crippen LogP contribution is -2.00. The highest BCUT2D eigenvalue weighted by Crippen LogP contribution is 2.27. The van der Waals surface area contributed by atoms with Crippen LogP contribution in [0.3, 0.4) is 0 Å². The molecule has 0 aliphatic heterocycles. The fourth-order valence-corrected chi connectivity index (χ4v) is 2.48. The van der Waals surface area contributed by atoms with E-state index >= 15 is 0 Å². The first kappa shape index (κ1) is 14.0. The number of benzene rings is 2. The molecule has 2 aromatic carbocycles. The lowest BCUT2D eigenvalue weighted by Gasteiger charge is -2.12. The molecule has 1 unspecified atom stereocenters. The van der Waals surface area contributed by atoms with Gasteiger partial charge in [0.2, 0.25) is 0 Å². The molecule has 2 rings (SSSR count). The standard InChI is InChI=1S/C16H15ClF2/c1-10-5-11(2)7-13(6-10)15(17)8-12-3-4-14(18)9-16(12)19/h3-7,9,15H,8H2,1-2H3. The number of aryl methyl sites for hydroxylation is 2. The Kier molecular flexibility index (Phi) is 4.20. The molecular formula is C16H15ClF2. The Morgan fingerprint density at radius 3 is 2.21 bits per heavy atom. The third-order valence-electron chi connectivity index (χ3n) is 3.02. The maximum atomic E-state index is 13.6. The monoisotopic (exact) mass is 280 g/mol. The van der Waals surface area contributed by atoms with Gasteiger partial charge in [0.1, 0.15) is 11.6 Å². The van der Waals surface area contributed by atoms with E-state index in [0.717, 1.165) is 22.8 Å². The predicted molar refractivity (Wildman–Crippen MR) is 74.6 cm³/mol. The molecule has 3 heteroatoms. The second-order valence-corrected chi connectivity index (χ2v) is 5.36. The van der Waals surface area contributed by atoms with Gasteiger partial charge >= 0.3 is 0 Å². The molecule has 0 aliphatic carbocycles. The Morgan fingerprint density at radius 2 is 1.63 bits per heavy atom. The van der Waals surface area contributed by atoms with Crippen molar-refractivity contribution in [2.45, 2.75) is 25.6 Å². The molecule has 0 nitrogen and oxygen atoms in total. The van der Waals surface area contributed by atoms with Gasteiger partial charge in [-0.25, -0.2) is 8.78 Å². The second kappa shape index (κ2) is 5.70. The van der Waals surface area contributed by atoms with Crippen LogP contribution in [0.2, 0.25) is 0 Å². The van der Waals surface area contributed by atoms with Crippen LogP contribution in [0.1, 0.15) is 27.6 Å². The van der Waals surface area contributed by atoms with Crippen molar-refractivity contribution < 1.29 is 8.78 Å². The van der Waals surface area contributed by atoms with Crippen LogP contribution in [-0.2, 0) is 6.42 Å². The average molecular weight is 281 g/mol. The quantitative estimate of drug-likeness (QED) is 0.686. The van der Waals surface area contributed by atoms with Crippen LogP contribution in [0.25, 0.3) is 0 Å². The van der Waals surface area contributed by atoms with Crippen LogP contribution in [0.15, 0.2) is 36.4 Å². The van der Waals surface area contributed by atoms with E-state index in [0.29, 0.717) is 12.0 Å². The van der Waals surface area contributed by atoms with E-state index in [1.807, 2.05) is 26.0 Å². The maximum Gasteiger partial charge on any atom is 0.129 e. The van der Waals surface area contributed by atoms with Gasteiger partial charge in [0.15, 0.2) is 0 Å². The van der Waals surface area contributed by atoms with Crippen LogP contribution in [0, 0.1) is 25.5 Å². The van der Waals surface area contributed by atoms with Crippen molar-refractivity contribution in [1.29, 1.82) is 0 Å². The SMILES string of the molecule is Cc1cc(C)cc(C(Cl)Cc2ccc(F)cc2F)c1. The van der Waals surface area contributed by atoms with E-state index in [4.69, 9.17) is 11.6 Å². The molecule has 19 heavy (non-hydrogen) atoms. The summed E-state index contributed by atoms with van der Waals surface area (Å²) in [5.74, 6) is -1.12. The summed E-state index contributed by atoms with van der Waals surface area (Å²) in [6.45, 7) is 4.00. The van der Waals surface area contributed by atoms with Crippen LogP contribution in [0.4, 0.5) is 8.78 Å². The van der Waals surface area contributed by atoms with Crippen molar-refractivity contribution in [2.24, 2.45) is 0 Å². The molecule has 0 spiro atoms. The summed E-state index contributed by atoms with van der Waals surface area (Å²) in [4.78, 5) is 0. The molecule has 2 aromatic rings. The second-order valence-electron chi connectivity index (χ2n) is 4.83. The molecule has 0 saturated carbocycles. The topological polar surface area (TPSA) is 0 Å². The van der Waals surface area contributed by atoms with Crippen LogP contribution < -0.4 is 0 Å². The Labute approximate surface area is 117 Å². The third-order valence-corrected chi connectivity index (χ3v) is 3.43. The minimum atomic E-state index is -0.571. The van der Waals surface area contributed by atoms with E-state index in [9.17, 15) is 8.78 Å². The predicted octanol–water partition coefficient (Wildman–Crippen LogP) is 5.10. The zero-order valence-corrected chi connectivity index (χ0v) is 11.6. The van der Waals surface area contributed by atoms with Crippen molar-refractivity contribution >= 4 is 11.6 Å². The van der Waals surface area contributed by atoms with Crippen LogP contribution in [-0.4, -0.2) is 0 Å². The molecule has 0 saturated heterocycles. The molecule has 0 aliphatic rings. The first-order valence-electron chi connectivity index (χ1n) is 6.12. The summed E-state index contributed by atoms with van der Waals surface area (Å²) in [5, 5.41) is -0.321. The van der Waals surface area contributed by atoms with E-state index in [1.165, 1.54) is 12.1 Å². The minimum absolute atomic E-state index is 0.321. The summed E-state index contributed by atoms with van der Waals surface area (Å²) in [5.41, 5.74) is 3.64. The van der Waals surface area contributed by atoms with Gasteiger partial charge in [-0.15, -0.1) is 11.6 Å². The Hall–Kier alpha value is -1.41. The fourth-order valence-electron chi connectivity index (χ4n) is 2.19. The van der Waals surface area contributed by atoms with Gasteiger partial charge in [-0.1, -0.05) is 35.4 Å². The molecule has 0 N–H and O–H groups in total. The van der Waals surface area contributed by atoms with Crippen molar-refractivity contribution in [3.63, 3.8) is 0 Å². The maximum absolute atomic E-state index is 13.6. The van der Waals surface area contributed by atoms with Gasteiger partial charge in [-0.05, 0) is 37.5 Å². The summed E-state index contributed by atoms with van der Waals surface area (Å²) in [6.07, 6.45) is 0.344. The van der Waals surface area contributed by atoms with E-state index < -0.39 is 11.6 Å². The fraction of sp³-hybridized carbons (Fsp3) is 0.250. The van der Waals surface area contributed by atoms with Gasteiger partial charge < -0.3 is 0 Å². The summed E-state index contributed by atoms with van der Waals surface area (Å²) in [6, 6.07) is 9.64. The number of alkyl halides is 1. The smallest absolute Gasteiger partial charge is 0.129 e. The highest BCUT2D eigenvalue weighted by molar-refractivity contribution is 6.20. The van der Waals surface area contributed by atoms with Crippen LogP contribution in [0.5, 0.6) is 0 Å². The Balaban J connectivity index is 2.22. The summed E-state index contributed by atoms with van der Waals surface area (Å²) >= 11 is 6.34. The van der Waals surface area contributed by atoms with Crippen molar-refractivity contribution in [2.75, 3.05) is 0 Å². The first-order valence-corrected chi connectivity index (χ1v) is 6.55. The molecule has 0 bridgehead atoms. The van der Waals surface area contributed by atoms with Gasteiger partial charge in [0, 0.05) is 6.07 Å². The average Bonchev–Trinajstić information content (AvgIpc) is 2.31. The number of hydrogen-bond acceptors (Lipinski definition) is 0. The molecule has 0 fully saturated rings. The molecule has 0 amide bonds. The van der Waals surface area contributed by atoms with E-state index in [2.05, 4.69) is 6.07 Å². The summed E-state index contributed by atoms with van der Waals surface area (Å²) < 4.78 is 26.4. The minimum Gasteiger partial charge on any atom is -0.207 e. The van der Waals surface area contributed by atoms with Crippen molar-refractivity contribution in [1.82, 2.24) is 0 Å². The largest absolute Gasteiger partial charge is 0.207 e.